The van der Waals surface area contributed by atoms with Crippen molar-refractivity contribution in [1.82, 2.24) is 0 Å². The highest BCUT2D eigenvalue weighted by Gasteiger charge is 2.77. The number of benzene rings is 1. The zero-order valence-electron chi connectivity index (χ0n) is 24.8. The fourth-order valence-corrected chi connectivity index (χ4v) is 8.71. The lowest BCUT2D eigenvalue weighted by Gasteiger charge is -2.55. The minimum Gasteiger partial charge on any atom is -0.497 e. The minimum absolute atomic E-state index is 0.0921. The normalized spacial score (nSPS) is 42.1. The van der Waals surface area contributed by atoms with Gasteiger partial charge in [-0.3, -0.25) is 4.90 Å². The van der Waals surface area contributed by atoms with E-state index in [2.05, 4.69) is 26.8 Å². The second-order valence-electron chi connectivity index (χ2n) is 13.7. The summed E-state index contributed by atoms with van der Waals surface area (Å²) in [4.78, 5) is 15.1. The van der Waals surface area contributed by atoms with Gasteiger partial charge in [0.2, 0.25) is 0 Å². The van der Waals surface area contributed by atoms with Gasteiger partial charge in [0.05, 0.1) is 30.9 Å². The molecule has 1 unspecified atom stereocenters. The molecule has 1 spiro atoms. The van der Waals surface area contributed by atoms with Crippen LogP contribution >= 0.6 is 0 Å². The highest BCUT2D eigenvalue weighted by atomic mass is 16.7. The van der Waals surface area contributed by atoms with Gasteiger partial charge < -0.3 is 29.2 Å². The molecule has 1 aromatic carbocycles. The number of methoxy groups -OCH3 is 1. The van der Waals surface area contributed by atoms with Gasteiger partial charge in [-0.25, -0.2) is 4.79 Å². The molecule has 0 aromatic heterocycles. The van der Waals surface area contributed by atoms with Crippen molar-refractivity contribution in [3.8, 4) is 5.75 Å². The Kier molecular flexibility index (Phi) is 6.11. The molecule has 5 aliphatic rings. The highest BCUT2D eigenvalue weighted by molar-refractivity contribution is 5.87. The number of rotatable bonds is 3. The molecule has 2 saturated carbocycles. The number of fused-ring (bicyclic) bond motifs is 5. The van der Waals surface area contributed by atoms with Gasteiger partial charge in [-0.15, -0.1) is 0 Å². The van der Waals surface area contributed by atoms with E-state index in [1.807, 2.05) is 26.8 Å². The van der Waals surface area contributed by atoms with Crippen LogP contribution in [0.2, 0.25) is 0 Å². The standard InChI is InChI=1S/C32H43NO7/c1-17-15-31-18(2)12-23-24(29(23,3)4)22(25(31)34)13-19-16-38-30(5,6)40-27(19)32(31,36)26(17)39-28(35)33(7)20-10-9-11-21(14-20)37-8/h9-11,13-15,18,22-27,34,36H,12,16H2,1-8H3/t18-,22+,23-,24+,25?,26+,27-,31+,32-/m1/s1. The van der Waals surface area contributed by atoms with Gasteiger partial charge in [0.15, 0.2) is 11.9 Å². The third kappa shape index (κ3) is 3.62. The number of anilines is 1. The van der Waals surface area contributed by atoms with Crippen molar-refractivity contribution in [3.05, 3.63) is 47.6 Å². The molecule has 8 nitrogen and oxygen atoms in total. The van der Waals surface area contributed by atoms with E-state index in [0.717, 1.165) is 12.0 Å². The molecule has 3 fully saturated rings. The van der Waals surface area contributed by atoms with Crippen molar-refractivity contribution in [1.29, 1.82) is 0 Å². The zero-order valence-corrected chi connectivity index (χ0v) is 24.8. The molecule has 4 aliphatic carbocycles. The van der Waals surface area contributed by atoms with E-state index in [1.54, 1.807) is 38.4 Å². The van der Waals surface area contributed by atoms with Crippen LogP contribution in [-0.4, -0.2) is 66.8 Å². The van der Waals surface area contributed by atoms with Gasteiger partial charge in [0, 0.05) is 19.0 Å². The fourth-order valence-electron chi connectivity index (χ4n) is 8.71. The lowest BCUT2D eigenvalue weighted by atomic mass is 9.58. The van der Waals surface area contributed by atoms with Crippen LogP contribution in [0.1, 0.15) is 48.0 Å². The number of amides is 1. The van der Waals surface area contributed by atoms with Crippen LogP contribution in [0.25, 0.3) is 0 Å². The SMILES string of the molecule is COc1cccc(N(C)C(=O)O[C@H]2C(C)=C[C@]34C(O)[C@@H](C=C5COC(C)(C)O[C@H]5[C@]23O)[C@H]2[C@@H](C[C@H]4C)C2(C)C)c1. The summed E-state index contributed by atoms with van der Waals surface area (Å²) >= 11 is 0. The van der Waals surface area contributed by atoms with Crippen LogP contribution in [0.15, 0.2) is 47.6 Å². The summed E-state index contributed by atoms with van der Waals surface area (Å²) in [5.74, 6) is 0.0864. The van der Waals surface area contributed by atoms with Crippen LogP contribution in [0.3, 0.4) is 0 Å². The average molecular weight is 554 g/mol. The predicted molar refractivity (Wildman–Crippen MR) is 150 cm³/mol. The van der Waals surface area contributed by atoms with E-state index in [1.165, 1.54) is 4.90 Å². The van der Waals surface area contributed by atoms with Gasteiger partial charge in [-0.2, -0.15) is 0 Å². The fraction of sp³-hybridized carbons (Fsp3) is 0.656. The maximum atomic E-state index is 13.7. The van der Waals surface area contributed by atoms with Gasteiger partial charge in [0.25, 0.3) is 0 Å². The first-order chi connectivity index (χ1) is 18.7. The summed E-state index contributed by atoms with van der Waals surface area (Å²) in [7, 11) is 3.20. The molecule has 1 saturated heterocycles. The van der Waals surface area contributed by atoms with Crippen molar-refractivity contribution in [2.24, 2.45) is 34.5 Å². The van der Waals surface area contributed by atoms with Crippen molar-refractivity contribution >= 4 is 11.8 Å². The summed E-state index contributed by atoms with van der Waals surface area (Å²) in [6, 6.07) is 7.16. The van der Waals surface area contributed by atoms with Crippen molar-refractivity contribution < 1.29 is 34.0 Å². The van der Waals surface area contributed by atoms with E-state index in [9.17, 15) is 15.0 Å². The topological polar surface area (TPSA) is 97.7 Å². The van der Waals surface area contributed by atoms with Crippen LogP contribution in [-0.2, 0) is 14.2 Å². The Morgan fingerprint density at radius 3 is 2.62 bits per heavy atom. The first-order valence-corrected chi connectivity index (χ1v) is 14.4. The highest BCUT2D eigenvalue weighted by Crippen LogP contribution is 2.73. The van der Waals surface area contributed by atoms with Crippen molar-refractivity contribution in [3.63, 3.8) is 0 Å². The van der Waals surface area contributed by atoms with Crippen LogP contribution in [0, 0.1) is 34.5 Å². The predicted octanol–water partition coefficient (Wildman–Crippen LogP) is 4.69. The van der Waals surface area contributed by atoms with Crippen molar-refractivity contribution in [2.45, 2.75) is 77.7 Å². The Bertz CT molecular complexity index is 1290. The number of carbonyl (C=O) groups is 1. The Labute approximate surface area is 236 Å². The Morgan fingerprint density at radius 2 is 1.93 bits per heavy atom. The van der Waals surface area contributed by atoms with Crippen LogP contribution in [0.5, 0.6) is 5.75 Å². The third-order valence-corrected chi connectivity index (χ3v) is 10.9. The minimum atomic E-state index is -1.75. The molecular formula is C32H43NO7. The lowest BCUT2D eigenvalue weighted by Crippen LogP contribution is -2.69. The molecule has 2 bridgehead atoms. The number of carbonyl (C=O) groups excluding carboxylic acids is 1. The third-order valence-electron chi connectivity index (χ3n) is 10.9. The van der Waals surface area contributed by atoms with Crippen LogP contribution in [0.4, 0.5) is 10.5 Å². The maximum absolute atomic E-state index is 13.7. The molecule has 1 heterocycles. The van der Waals surface area contributed by atoms with E-state index in [4.69, 9.17) is 18.9 Å². The van der Waals surface area contributed by atoms with Crippen LogP contribution < -0.4 is 9.64 Å². The quantitative estimate of drug-likeness (QED) is 0.524. The van der Waals surface area contributed by atoms with E-state index in [-0.39, 0.29) is 29.8 Å². The second kappa shape index (κ2) is 8.81. The smallest absolute Gasteiger partial charge is 0.414 e. The molecule has 1 aromatic rings. The number of hydrogen-bond acceptors (Lipinski definition) is 7. The molecule has 6 rings (SSSR count). The summed E-state index contributed by atoms with van der Waals surface area (Å²) in [6.45, 7) is 12.5. The molecule has 0 radical (unpaired) electrons. The number of aliphatic hydroxyl groups excluding tert-OH is 1. The molecular weight excluding hydrogens is 510 g/mol. The lowest BCUT2D eigenvalue weighted by molar-refractivity contribution is -0.311. The Balaban J connectivity index is 1.45. The average Bonchev–Trinajstić information content (AvgIpc) is 3.40. The largest absolute Gasteiger partial charge is 0.497 e. The Hall–Kier alpha value is -2.39. The first kappa shape index (κ1) is 27.8. The number of hydrogen-bond donors (Lipinski definition) is 2. The van der Waals surface area contributed by atoms with Gasteiger partial charge in [-0.05, 0) is 73.6 Å². The summed E-state index contributed by atoms with van der Waals surface area (Å²) in [5, 5.41) is 25.5. The molecule has 9 atom stereocenters. The molecule has 40 heavy (non-hydrogen) atoms. The molecule has 1 aliphatic heterocycles. The summed E-state index contributed by atoms with van der Waals surface area (Å²) in [5.41, 5.74) is -0.628. The maximum Gasteiger partial charge on any atom is 0.414 e. The summed E-state index contributed by atoms with van der Waals surface area (Å²) < 4.78 is 24.2. The number of nitrogens with zero attached hydrogens (tertiary/aromatic N) is 1. The zero-order chi connectivity index (χ0) is 29.0. The van der Waals surface area contributed by atoms with Gasteiger partial charge >= 0.3 is 6.09 Å². The van der Waals surface area contributed by atoms with Crippen molar-refractivity contribution in [2.75, 3.05) is 25.7 Å². The number of ether oxygens (including phenoxy) is 4. The first-order valence-electron chi connectivity index (χ1n) is 14.4. The molecule has 218 valence electrons. The monoisotopic (exact) mass is 553 g/mol. The molecule has 1 amide bonds. The Morgan fingerprint density at radius 1 is 1.20 bits per heavy atom. The van der Waals surface area contributed by atoms with E-state index >= 15 is 0 Å². The second-order valence-corrected chi connectivity index (χ2v) is 13.7. The van der Waals surface area contributed by atoms with Gasteiger partial charge in [0.1, 0.15) is 17.5 Å². The van der Waals surface area contributed by atoms with E-state index < -0.39 is 41.2 Å². The molecule has 2 N–H and O–H groups in total. The van der Waals surface area contributed by atoms with Gasteiger partial charge in [-0.1, -0.05) is 39.0 Å². The van der Waals surface area contributed by atoms with E-state index in [0.29, 0.717) is 22.9 Å². The number of aliphatic hydroxyl groups is 2. The summed E-state index contributed by atoms with van der Waals surface area (Å²) in [6.07, 6.45) is 1.60. The molecule has 8 heteroatoms.